The van der Waals surface area contributed by atoms with Gasteiger partial charge in [-0.2, -0.15) is 0 Å². The van der Waals surface area contributed by atoms with E-state index in [1.165, 1.54) is 0 Å². The highest BCUT2D eigenvalue weighted by Gasteiger charge is 2.07. The predicted molar refractivity (Wildman–Crippen MR) is 98.3 cm³/mol. The number of hydrogen-bond donors (Lipinski definition) is 2. The van der Waals surface area contributed by atoms with Gasteiger partial charge in [-0.05, 0) is 42.7 Å². The van der Waals surface area contributed by atoms with Gasteiger partial charge < -0.3 is 20.1 Å². The van der Waals surface area contributed by atoms with Crippen molar-refractivity contribution < 1.29 is 14.3 Å². The van der Waals surface area contributed by atoms with Crippen LogP contribution in [0.4, 0.5) is 5.69 Å². The molecule has 2 rings (SSSR count). The third-order valence-electron chi connectivity index (χ3n) is 3.68. The molecule has 1 amide bonds. The number of nitrogens with zero attached hydrogens (tertiary/aromatic N) is 1. The Hall–Kier alpha value is -2.60. The number of carbonyl (C=O) groups is 1. The molecular weight excluding hydrogens is 318 g/mol. The van der Waals surface area contributed by atoms with E-state index in [1.54, 1.807) is 26.5 Å². The Morgan fingerprint density at radius 1 is 1.16 bits per heavy atom. The molecule has 0 unspecified atom stereocenters. The summed E-state index contributed by atoms with van der Waals surface area (Å²) in [5.74, 6) is 0.640. The molecule has 2 N–H and O–H groups in total. The number of nitrogens with one attached hydrogen (secondary N) is 2. The highest BCUT2D eigenvalue weighted by molar-refractivity contribution is 5.93. The van der Waals surface area contributed by atoms with Crippen molar-refractivity contribution in [1.29, 1.82) is 0 Å². The van der Waals surface area contributed by atoms with E-state index in [2.05, 4.69) is 15.6 Å². The summed E-state index contributed by atoms with van der Waals surface area (Å²) in [6, 6.07) is 11.4. The topological polar surface area (TPSA) is 72.5 Å². The van der Waals surface area contributed by atoms with Crippen LogP contribution in [0.5, 0.6) is 5.75 Å². The number of anilines is 1. The molecule has 6 nitrogen and oxygen atoms in total. The molecule has 0 saturated carbocycles. The molecule has 0 spiro atoms. The van der Waals surface area contributed by atoms with Crippen molar-refractivity contribution in [2.24, 2.45) is 0 Å². The maximum absolute atomic E-state index is 12.2. The van der Waals surface area contributed by atoms with E-state index in [0.717, 1.165) is 36.4 Å². The normalized spacial score (nSPS) is 10.3. The molecule has 1 aromatic carbocycles. The quantitative estimate of drug-likeness (QED) is 0.649. The molecule has 1 heterocycles. The molecule has 2 aromatic rings. The summed E-state index contributed by atoms with van der Waals surface area (Å²) in [5.41, 5.74) is 2.40. The van der Waals surface area contributed by atoms with E-state index in [4.69, 9.17) is 9.47 Å². The first-order valence-electron chi connectivity index (χ1n) is 8.33. The molecule has 0 saturated heterocycles. The Labute approximate surface area is 148 Å². The fourth-order valence-electron chi connectivity index (χ4n) is 2.35. The van der Waals surface area contributed by atoms with Crippen LogP contribution in [0.25, 0.3) is 0 Å². The zero-order valence-electron chi connectivity index (χ0n) is 14.7. The number of pyridine rings is 1. The number of benzene rings is 1. The lowest BCUT2D eigenvalue weighted by Gasteiger charge is -2.09. The smallest absolute Gasteiger partial charge is 0.269 e. The van der Waals surface area contributed by atoms with E-state index < -0.39 is 0 Å². The number of methoxy groups -OCH3 is 2. The second-order valence-electron chi connectivity index (χ2n) is 5.56. The minimum Gasteiger partial charge on any atom is -0.497 e. The third kappa shape index (κ3) is 6.43. The van der Waals surface area contributed by atoms with Gasteiger partial charge in [0, 0.05) is 38.7 Å². The number of rotatable bonds is 10. The molecule has 1 aromatic heterocycles. The summed E-state index contributed by atoms with van der Waals surface area (Å²) in [4.78, 5) is 16.4. The Morgan fingerprint density at radius 2 is 2.04 bits per heavy atom. The summed E-state index contributed by atoms with van der Waals surface area (Å²) in [5, 5.41) is 6.15. The lowest BCUT2D eigenvalue weighted by atomic mass is 10.1. The molecule has 0 bridgehead atoms. The van der Waals surface area contributed by atoms with E-state index in [9.17, 15) is 4.79 Å². The molecule has 0 fully saturated rings. The summed E-state index contributed by atoms with van der Waals surface area (Å²) >= 11 is 0. The van der Waals surface area contributed by atoms with E-state index in [0.29, 0.717) is 18.8 Å². The van der Waals surface area contributed by atoms with Crippen LogP contribution in [-0.4, -0.2) is 44.8 Å². The molecule has 0 aliphatic rings. The number of ether oxygens (including phenoxy) is 2. The fourth-order valence-corrected chi connectivity index (χ4v) is 2.35. The maximum atomic E-state index is 12.2. The highest BCUT2D eigenvalue weighted by atomic mass is 16.5. The molecule has 0 aliphatic carbocycles. The van der Waals surface area contributed by atoms with Crippen LogP contribution in [-0.2, 0) is 11.2 Å². The Morgan fingerprint density at radius 3 is 2.84 bits per heavy atom. The average Bonchev–Trinajstić information content (AvgIpc) is 2.65. The number of aromatic nitrogens is 1. The number of amides is 1. The van der Waals surface area contributed by atoms with Gasteiger partial charge in [-0.1, -0.05) is 12.1 Å². The highest BCUT2D eigenvalue weighted by Crippen LogP contribution is 2.13. The lowest BCUT2D eigenvalue weighted by Crippen LogP contribution is -2.26. The molecular formula is C19H25N3O3. The first kappa shape index (κ1) is 18.7. The van der Waals surface area contributed by atoms with Crippen molar-refractivity contribution in [2.75, 3.05) is 39.2 Å². The molecule has 0 aliphatic heterocycles. The van der Waals surface area contributed by atoms with Crippen LogP contribution in [0.2, 0.25) is 0 Å². The SMILES string of the molecule is COCCCNc1ccnc(C(=O)NCCc2cccc(OC)c2)c1. The van der Waals surface area contributed by atoms with Crippen LogP contribution >= 0.6 is 0 Å². The van der Waals surface area contributed by atoms with Crippen molar-refractivity contribution >= 4 is 11.6 Å². The molecule has 25 heavy (non-hydrogen) atoms. The van der Waals surface area contributed by atoms with Gasteiger partial charge in [-0.25, -0.2) is 0 Å². The van der Waals surface area contributed by atoms with E-state index >= 15 is 0 Å². The van der Waals surface area contributed by atoms with Crippen LogP contribution in [0, 0.1) is 0 Å². The summed E-state index contributed by atoms with van der Waals surface area (Å²) in [7, 11) is 3.32. The van der Waals surface area contributed by atoms with E-state index in [1.807, 2.05) is 30.3 Å². The maximum Gasteiger partial charge on any atom is 0.269 e. The molecule has 0 atom stereocenters. The van der Waals surface area contributed by atoms with Gasteiger partial charge in [0.15, 0.2) is 0 Å². The van der Waals surface area contributed by atoms with Crippen LogP contribution in [0.15, 0.2) is 42.6 Å². The molecule has 6 heteroatoms. The first-order chi connectivity index (χ1) is 12.2. The van der Waals surface area contributed by atoms with Gasteiger partial charge in [0.25, 0.3) is 5.91 Å². The van der Waals surface area contributed by atoms with Crippen LogP contribution in [0.3, 0.4) is 0 Å². The van der Waals surface area contributed by atoms with Crippen molar-refractivity contribution in [2.45, 2.75) is 12.8 Å². The second kappa shape index (κ2) is 10.3. The zero-order valence-corrected chi connectivity index (χ0v) is 14.7. The average molecular weight is 343 g/mol. The van der Waals surface area contributed by atoms with Gasteiger partial charge in [0.2, 0.25) is 0 Å². The van der Waals surface area contributed by atoms with E-state index in [-0.39, 0.29) is 5.91 Å². The zero-order chi connectivity index (χ0) is 17.9. The van der Waals surface area contributed by atoms with Gasteiger partial charge in [-0.3, -0.25) is 9.78 Å². The first-order valence-corrected chi connectivity index (χ1v) is 8.33. The number of carbonyl (C=O) groups excluding carboxylic acids is 1. The minimum absolute atomic E-state index is 0.177. The van der Waals surface area contributed by atoms with Crippen molar-refractivity contribution in [3.63, 3.8) is 0 Å². The Balaban J connectivity index is 1.81. The van der Waals surface area contributed by atoms with Crippen molar-refractivity contribution in [3.05, 3.63) is 53.9 Å². The largest absolute Gasteiger partial charge is 0.497 e. The summed E-state index contributed by atoms with van der Waals surface area (Å²) in [6.45, 7) is 2.03. The Kier molecular flexibility index (Phi) is 7.72. The van der Waals surface area contributed by atoms with Gasteiger partial charge >= 0.3 is 0 Å². The lowest BCUT2D eigenvalue weighted by molar-refractivity contribution is 0.0949. The van der Waals surface area contributed by atoms with Gasteiger partial charge in [-0.15, -0.1) is 0 Å². The van der Waals surface area contributed by atoms with Gasteiger partial charge in [0.05, 0.1) is 7.11 Å². The van der Waals surface area contributed by atoms with Crippen LogP contribution in [0.1, 0.15) is 22.5 Å². The fraction of sp³-hybridized carbons (Fsp3) is 0.368. The van der Waals surface area contributed by atoms with Crippen molar-refractivity contribution in [3.8, 4) is 5.75 Å². The van der Waals surface area contributed by atoms with Crippen molar-refractivity contribution in [1.82, 2.24) is 10.3 Å². The summed E-state index contributed by atoms with van der Waals surface area (Å²) in [6.07, 6.45) is 3.27. The minimum atomic E-state index is -0.177. The van der Waals surface area contributed by atoms with Crippen LogP contribution < -0.4 is 15.4 Å². The number of hydrogen-bond acceptors (Lipinski definition) is 5. The predicted octanol–water partition coefficient (Wildman–Crippen LogP) is 2.51. The summed E-state index contributed by atoms with van der Waals surface area (Å²) < 4.78 is 10.2. The third-order valence-corrected chi connectivity index (χ3v) is 3.68. The Bertz CT molecular complexity index is 676. The molecule has 0 radical (unpaired) electrons. The monoisotopic (exact) mass is 343 g/mol. The second-order valence-corrected chi connectivity index (χ2v) is 5.56. The molecule has 134 valence electrons. The standard InChI is InChI=1S/C19H25N3O3/c1-24-12-4-9-20-16-8-11-21-18(14-16)19(23)22-10-7-15-5-3-6-17(13-15)25-2/h3,5-6,8,11,13-14H,4,7,9-10,12H2,1-2H3,(H,20,21)(H,22,23). The van der Waals surface area contributed by atoms with Gasteiger partial charge in [0.1, 0.15) is 11.4 Å².